The second-order valence-electron chi connectivity index (χ2n) is 5.22. The van der Waals surface area contributed by atoms with Gasteiger partial charge in [-0.05, 0) is 30.2 Å². The molecule has 22 heavy (non-hydrogen) atoms. The van der Waals surface area contributed by atoms with Gasteiger partial charge in [0.1, 0.15) is 5.71 Å². The summed E-state index contributed by atoms with van der Waals surface area (Å²) < 4.78 is 0. The van der Waals surface area contributed by atoms with Crippen molar-refractivity contribution in [2.45, 2.75) is 12.8 Å². The number of nitrogens with zero attached hydrogens (tertiary/aromatic N) is 1. The maximum atomic E-state index is 12.8. The van der Waals surface area contributed by atoms with Gasteiger partial charge in [0, 0.05) is 22.2 Å². The van der Waals surface area contributed by atoms with Crippen LogP contribution in [-0.2, 0) is 0 Å². The first-order valence-electron chi connectivity index (χ1n) is 6.93. The predicted octanol–water partition coefficient (Wildman–Crippen LogP) is 4.23. The van der Waals surface area contributed by atoms with Crippen LogP contribution in [-0.4, -0.2) is 18.0 Å². The van der Waals surface area contributed by atoms with E-state index in [-0.39, 0.29) is 11.7 Å². The third kappa shape index (κ3) is 2.74. The number of hydrogen-bond acceptors (Lipinski definition) is 3. The molecule has 2 aromatic carbocycles. The van der Waals surface area contributed by atoms with Gasteiger partial charge in [0.25, 0.3) is 0 Å². The summed E-state index contributed by atoms with van der Waals surface area (Å²) >= 11 is 12.2. The summed E-state index contributed by atoms with van der Waals surface area (Å²) in [6.45, 7) is 2.47. The minimum Gasteiger partial charge on any atom is -0.309 e. The molecule has 0 fully saturated rings. The Hall–Kier alpha value is -1.84. The Balaban J connectivity index is 1.97. The molecule has 0 spiro atoms. The summed E-state index contributed by atoms with van der Waals surface area (Å²) in [6.07, 6.45) is 0. The zero-order valence-electron chi connectivity index (χ0n) is 11.9. The first kappa shape index (κ1) is 15.1. The lowest BCUT2D eigenvalue weighted by Crippen LogP contribution is -2.22. The van der Waals surface area contributed by atoms with Gasteiger partial charge in [-0.1, -0.05) is 53.5 Å². The lowest BCUT2D eigenvalue weighted by molar-refractivity contribution is 0.106. The molecule has 1 atom stereocenters. The molecular formula is C17H14Cl2N2O. The molecule has 1 aliphatic heterocycles. The molecule has 5 heteroatoms. The molecule has 0 amide bonds. The molecule has 112 valence electrons. The van der Waals surface area contributed by atoms with E-state index < -0.39 is 0 Å². The molecule has 0 aliphatic carbocycles. The number of halogens is 2. The van der Waals surface area contributed by atoms with E-state index in [0.29, 0.717) is 27.9 Å². The molecule has 0 aromatic heterocycles. The fourth-order valence-corrected chi connectivity index (χ4v) is 3.15. The Kier molecular flexibility index (Phi) is 4.19. The van der Waals surface area contributed by atoms with Crippen LogP contribution in [0.3, 0.4) is 0 Å². The Morgan fingerprint density at radius 2 is 2.00 bits per heavy atom. The monoisotopic (exact) mass is 332 g/mol. The number of ketones is 1. The number of hydrogen-bond donors (Lipinski definition) is 1. The van der Waals surface area contributed by atoms with E-state index in [1.807, 2.05) is 37.3 Å². The average molecular weight is 333 g/mol. The van der Waals surface area contributed by atoms with Crippen LogP contribution in [0.2, 0.25) is 10.0 Å². The molecule has 0 bridgehead atoms. The van der Waals surface area contributed by atoms with Gasteiger partial charge in [0.2, 0.25) is 5.78 Å². The van der Waals surface area contributed by atoms with E-state index in [0.717, 1.165) is 11.1 Å². The number of nitrogens with one attached hydrogen (secondary N) is 1. The maximum absolute atomic E-state index is 12.8. The molecule has 1 heterocycles. The van der Waals surface area contributed by atoms with Crippen molar-refractivity contribution in [3.05, 3.63) is 69.2 Å². The van der Waals surface area contributed by atoms with Gasteiger partial charge in [-0.25, -0.2) is 0 Å². The summed E-state index contributed by atoms with van der Waals surface area (Å²) in [5.74, 6) is -0.240. The highest BCUT2D eigenvalue weighted by atomic mass is 35.5. The summed E-state index contributed by atoms with van der Waals surface area (Å²) in [5.41, 5.74) is 5.85. The lowest BCUT2D eigenvalue weighted by Gasteiger charge is -2.14. The largest absolute Gasteiger partial charge is 0.309 e. The van der Waals surface area contributed by atoms with E-state index in [1.165, 1.54) is 0 Å². The van der Waals surface area contributed by atoms with Crippen LogP contribution < -0.4 is 5.43 Å². The fraction of sp³-hybridized carbons (Fsp3) is 0.176. The van der Waals surface area contributed by atoms with Crippen LogP contribution in [0, 0.1) is 6.92 Å². The Morgan fingerprint density at radius 1 is 1.23 bits per heavy atom. The molecule has 1 aliphatic rings. The normalized spacial score (nSPS) is 17.0. The third-order valence-electron chi connectivity index (χ3n) is 3.79. The highest BCUT2D eigenvalue weighted by Crippen LogP contribution is 2.31. The Morgan fingerprint density at radius 3 is 2.73 bits per heavy atom. The number of aryl methyl sites for hydroxylation is 1. The van der Waals surface area contributed by atoms with Crippen molar-refractivity contribution in [3.63, 3.8) is 0 Å². The lowest BCUT2D eigenvalue weighted by atomic mass is 9.89. The minimum atomic E-state index is -0.170. The second kappa shape index (κ2) is 6.11. The summed E-state index contributed by atoms with van der Waals surface area (Å²) in [4.78, 5) is 12.8. The average Bonchev–Trinajstić information content (AvgIpc) is 2.96. The maximum Gasteiger partial charge on any atom is 0.209 e. The van der Waals surface area contributed by atoms with E-state index >= 15 is 0 Å². The topological polar surface area (TPSA) is 41.5 Å². The molecule has 0 radical (unpaired) electrons. The van der Waals surface area contributed by atoms with Crippen molar-refractivity contribution in [3.8, 4) is 0 Å². The number of benzene rings is 2. The van der Waals surface area contributed by atoms with Crippen LogP contribution in [0.1, 0.15) is 27.4 Å². The summed E-state index contributed by atoms with van der Waals surface area (Å²) in [5, 5.41) is 5.32. The van der Waals surface area contributed by atoms with Gasteiger partial charge in [-0.2, -0.15) is 5.10 Å². The zero-order chi connectivity index (χ0) is 15.7. The number of hydrazone groups is 1. The molecule has 1 N–H and O–H groups in total. The fourth-order valence-electron chi connectivity index (χ4n) is 2.61. The van der Waals surface area contributed by atoms with Crippen molar-refractivity contribution >= 4 is 34.7 Å². The van der Waals surface area contributed by atoms with Gasteiger partial charge in [0.15, 0.2) is 0 Å². The highest BCUT2D eigenvalue weighted by Gasteiger charge is 2.31. The van der Waals surface area contributed by atoms with E-state index in [2.05, 4.69) is 10.5 Å². The van der Waals surface area contributed by atoms with Crippen molar-refractivity contribution in [2.75, 3.05) is 6.54 Å². The molecule has 1 unspecified atom stereocenters. The van der Waals surface area contributed by atoms with Gasteiger partial charge >= 0.3 is 0 Å². The zero-order valence-corrected chi connectivity index (χ0v) is 13.4. The van der Waals surface area contributed by atoms with Crippen LogP contribution in [0.5, 0.6) is 0 Å². The molecule has 3 nitrogen and oxygen atoms in total. The minimum absolute atomic E-state index is 0.0703. The van der Waals surface area contributed by atoms with Crippen molar-refractivity contribution in [2.24, 2.45) is 5.10 Å². The Labute approximate surface area is 138 Å². The summed E-state index contributed by atoms with van der Waals surface area (Å²) in [6, 6.07) is 12.8. The first-order chi connectivity index (χ1) is 10.6. The van der Waals surface area contributed by atoms with Gasteiger partial charge in [0.05, 0.1) is 5.92 Å². The van der Waals surface area contributed by atoms with Crippen molar-refractivity contribution in [1.29, 1.82) is 0 Å². The Bertz CT molecular complexity index is 771. The predicted molar refractivity (Wildman–Crippen MR) is 90.2 cm³/mol. The number of rotatable bonds is 3. The first-order valence-corrected chi connectivity index (χ1v) is 7.69. The van der Waals surface area contributed by atoms with Crippen LogP contribution in [0.4, 0.5) is 0 Å². The molecule has 2 aromatic rings. The summed E-state index contributed by atoms with van der Waals surface area (Å²) in [7, 11) is 0. The molecule has 0 saturated heterocycles. The third-order valence-corrected chi connectivity index (χ3v) is 4.35. The highest BCUT2D eigenvalue weighted by molar-refractivity contribution is 6.48. The van der Waals surface area contributed by atoms with Gasteiger partial charge < -0.3 is 5.43 Å². The second-order valence-corrected chi connectivity index (χ2v) is 6.07. The smallest absolute Gasteiger partial charge is 0.209 e. The van der Waals surface area contributed by atoms with Crippen molar-refractivity contribution < 1.29 is 4.79 Å². The molecule has 0 saturated carbocycles. The van der Waals surface area contributed by atoms with Crippen LogP contribution in [0.15, 0.2) is 47.6 Å². The quantitative estimate of drug-likeness (QED) is 0.854. The molecular weight excluding hydrogens is 319 g/mol. The van der Waals surface area contributed by atoms with Crippen molar-refractivity contribution in [1.82, 2.24) is 5.43 Å². The molecule has 3 rings (SSSR count). The van der Waals surface area contributed by atoms with Crippen LogP contribution >= 0.6 is 23.2 Å². The van der Waals surface area contributed by atoms with Gasteiger partial charge in [-0.3, -0.25) is 4.79 Å². The number of Topliss-reactive ketones (excluding diaryl/α,β-unsaturated/α-hetero) is 1. The SMILES string of the molecule is Cc1ccccc1C(=O)C1=NNCC1c1ccc(Cl)cc1Cl. The number of carbonyl (C=O) groups is 1. The van der Waals surface area contributed by atoms with E-state index in [9.17, 15) is 4.79 Å². The van der Waals surface area contributed by atoms with E-state index in [1.54, 1.807) is 12.1 Å². The number of carbonyl (C=O) groups excluding carboxylic acids is 1. The standard InChI is InChI=1S/C17H14Cl2N2O/c1-10-4-2-3-5-12(10)17(22)16-14(9-20-21-16)13-7-6-11(18)8-15(13)19/h2-8,14,20H,9H2,1H3. The van der Waals surface area contributed by atoms with Crippen LogP contribution in [0.25, 0.3) is 0 Å². The van der Waals surface area contributed by atoms with Gasteiger partial charge in [-0.15, -0.1) is 0 Å². The van der Waals surface area contributed by atoms with E-state index in [4.69, 9.17) is 23.2 Å².